The lowest BCUT2D eigenvalue weighted by Gasteiger charge is -2.19. The van der Waals surface area contributed by atoms with E-state index < -0.39 is 31.8 Å². The molecule has 9 heteroatoms. The third-order valence-electron chi connectivity index (χ3n) is 4.61. The molecule has 0 aromatic heterocycles. The zero-order chi connectivity index (χ0) is 23.1. The summed E-state index contributed by atoms with van der Waals surface area (Å²) in [5.74, 6) is -0.251. The first-order valence-electron chi connectivity index (χ1n) is 10.0. The van der Waals surface area contributed by atoms with Gasteiger partial charge < -0.3 is 10.1 Å². The highest BCUT2D eigenvalue weighted by Gasteiger charge is 2.23. The average Bonchev–Trinajstić information content (AvgIpc) is 2.72. The Bertz CT molecular complexity index is 1090. The largest absolute Gasteiger partial charge is 0.468 e. The molecule has 0 bridgehead atoms. The lowest BCUT2D eigenvalue weighted by molar-refractivity contribution is -0.143. The molecule has 2 aromatic carbocycles. The number of esters is 1. The van der Waals surface area contributed by atoms with Gasteiger partial charge in [-0.05, 0) is 43.5 Å². The first-order chi connectivity index (χ1) is 14.6. The van der Waals surface area contributed by atoms with E-state index in [0.717, 1.165) is 5.56 Å². The monoisotopic (exact) mass is 466 g/mol. The van der Waals surface area contributed by atoms with Gasteiger partial charge in [0, 0.05) is 17.2 Å². The Labute approximate surface area is 185 Å². The van der Waals surface area contributed by atoms with Crippen molar-refractivity contribution in [3.8, 4) is 0 Å². The SMILES string of the molecule is COC(=O)[C@H](CC(C)C)NCCS(=O)(=NS(=O)(=O)c1ccc(C)cc1)c1ccccc1. The van der Waals surface area contributed by atoms with Crippen molar-refractivity contribution in [1.82, 2.24) is 5.32 Å². The smallest absolute Gasteiger partial charge is 0.322 e. The highest BCUT2D eigenvalue weighted by Crippen LogP contribution is 2.21. The summed E-state index contributed by atoms with van der Waals surface area (Å²) in [6.07, 6.45) is 0.540. The third kappa shape index (κ3) is 7.15. The second-order valence-electron chi connectivity index (χ2n) is 7.68. The Morgan fingerprint density at radius 1 is 1.00 bits per heavy atom. The molecule has 0 aliphatic carbocycles. The third-order valence-corrected chi connectivity index (χ3v) is 8.99. The molecular weight excluding hydrogens is 436 g/mol. The number of nitrogens with zero attached hydrogens (tertiary/aromatic N) is 1. The van der Waals surface area contributed by atoms with Crippen LogP contribution in [0, 0.1) is 12.8 Å². The first kappa shape index (κ1) is 25.0. The summed E-state index contributed by atoms with van der Waals surface area (Å²) in [5.41, 5.74) is 0.908. The van der Waals surface area contributed by atoms with E-state index in [4.69, 9.17) is 4.74 Å². The lowest BCUT2D eigenvalue weighted by atomic mass is 10.0. The zero-order valence-corrected chi connectivity index (χ0v) is 19.9. The molecule has 2 rings (SSSR count). The molecule has 0 amide bonds. The van der Waals surface area contributed by atoms with Gasteiger partial charge in [0.2, 0.25) is 0 Å². The van der Waals surface area contributed by atoms with E-state index in [0.29, 0.717) is 11.3 Å². The number of methoxy groups -OCH3 is 1. The van der Waals surface area contributed by atoms with E-state index in [1.807, 2.05) is 20.8 Å². The number of hydrogen-bond acceptors (Lipinski definition) is 6. The van der Waals surface area contributed by atoms with Crippen LogP contribution < -0.4 is 5.32 Å². The Kier molecular flexibility index (Phi) is 8.79. The minimum atomic E-state index is -4.14. The van der Waals surface area contributed by atoms with Gasteiger partial charge in [0.05, 0.1) is 21.7 Å². The fourth-order valence-electron chi connectivity index (χ4n) is 2.99. The van der Waals surface area contributed by atoms with E-state index in [2.05, 4.69) is 9.08 Å². The fourth-order valence-corrected chi connectivity index (χ4v) is 6.94. The molecule has 1 N–H and O–H groups in total. The molecule has 2 atom stereocenters. The number of carbonyl (C=O) groups excluding carboxylic acids is 1. The number of rotatable bonds is 10. The highest BCUT2D eigenvalue weighted by molar-refractivity contribution is 8.03. The average molecular weight is 467 g/mol. The summed E-state index contributed by atoms with van der Waals surface area (Å²) >= 11 is 0. The maximum Gasteiger partial charge on any atom is 0.322 e. The predicted molar refractivity (Wildman–Crippen MR) is 122 cm³/mol. The highest BCUT2D eigenvalue weighted by atomic mass is 32.3. The minimum Gasteiger partial charge on any atom is -0.468 e. The molecule has 31 heavy (non-hydrogen) atoms. The maximum absolute atomic E-state index is 13.8. The lowest BCUT2D eigenvalue weighted by Crippen LogP contribution is -2.41. The summed E-state index contributed by atoms with van der Waals surface area (Å²) in [7, 11) is -6.15. The molecule has 1 unspecified atom stereocenters. The van der Waals surface area contributed by atoms with Crippen molar-refractivity contribution in [3.05, 3.63) is 60.2 Å². The second-order valence-corrected chi connectivity index (χ2v) is 11.9. The molecule has 0 spiro atoms. The number of benzene rings is 2. The van der Waals surface area contributed by atoms with Crippen LogP contribution in [0.2, 0.25) is 0 Å². The molecule has 0 saturated carbocycles. The van der Waals surface area contributed by atoms with Crippen LogP contribution in [0.15, 0.2) is 68.2 Å². The van der Waals surface area contributed by atoms with Crippen molar-refractivity contribution in [2.75, 3.05) is 19.4 Å². The summed E-state index contributed by atoms with van der Waals surface area (Å²) in [6.45, 7) is 5.94. The molecular formula is C22H30N2O5S2. The van der Waals surface area contributed by atoms with Crippen LogP contribution in [-0.4, -0.2) is 44.0 Å². The van der Waals surface area contributed by atoms with Crippen molar-refractivity contribution in [2.24, 2.45) is 9.69 Å². The molecule has 0 heterocycles. The van der Waals surface area contributed by atoms with Gasteiger partial charge in [-0.15, -0.1) is 3.77 Å². The second kappa shape index (κ2) is 10.9. The molecule has 0 radical (unpaired) electrons. The van der Waals surface area contributed by atoms with Crippen LogP contribution in [0.4, 0.5) is 0 Å². The predicted octanol–water partition coefficient (Wildman–Crippen LogP) is 3.39. The molecule has 7 nitrogen and oxygen atoms in total. The van der Waals surface area contributed by atoms with Crippen molar-refractivity contribution in [1.29, 1.82) is 0 Å². The topological polar surface area (TPSA) is 102 Å². The molecule has 0 aliphatic heterocycles. The molecule has 0 aliphatic rings. The van der Waals surface area contributed by atoms with E-state index in [-0.39, 0.29) is 23.1 Å². The summed E-state index contributed by atoms with van der Waals surface area (Å²) in [5, 5.41) is 3.05. The normalized spacial score (nSPS) is 14.6. The van der Waals surface area contributed by atoms with E-state index in [1.165, 1.54) is 19.2 Å². The number of carbonyl (C=O) groups is 1. The summed E-state index contributed by atoms with van der Waals surface area (Å²) in [6, 6.07) is 14.0. The number of nitrogens with one attached hydrogen (secondary N) is 1. The van der Waals surface area contributed by atoms with E-state index >= 15 is 0 Å². The van der Waals surface area contributed by atoms with E-state index in [1.54, 1.807) is 42.5 Å². The Morgan fingerprint density at radius 2 is 1.61 bits per heavy atom. The first-order valence-corrected chi connectivity index (χ1v) is 13.1. The van der Waals surface area contributed by atoms with Gasteiger partial charge in [-0.2, -0.15) is 8.42 Å². The van der Waals surface area contributed by atoms with Crippen LogP contribution in [0.5, 0.6) is 0 Å². The van der Waals surface area contributed by atoms with Crippen molar-refractivity contribution >= 4 is 25.7 Å². The molecule has 170 valence electrons. The van der Waals surface area contributed by atoms with Crippen LogP contribution in [0.25, 0.3) is 0 Å². The van der Waals surface area contributed by atoms with Gasteiger partial charge >= 0.3 is 5.97 Å². The van der Waals surface area contributed by atoms with Crippen molar-refractivity contribution < 1.29 is 22.2 Å². The van der Waals surface area contributed by atoms with Gasteiger partial charge in [-0.3, -0.25) is 4.79 Å². The number of sulfonamides is 1. The number of ether oxygens (including phenoxy) is 1. The molecule has 0 saturated heterocycles. The summed E-state index contributed by atoms with van der Waals surface area (Å²) in [4.78, 5) is 12.4. The Hall–Kier alpha value is -2.23. The maximum atomic E-state index is 13.8. The van der Waals surface area contributed by atoms with Gasteiger partial charge in [-0.25, -0.2) is 4.21 Å². The molecule has 2 aromatic rings. The fraction of sp³-hybridized carbons (Fsp3) is 0.409. The Morgan fingerprint density at radius 3 is 2.16 bits per heavy atom. The van der Waals surface area contributed by atoms with Crippen molar-refractivity contribution in [3.63, 3.8) is 0 Å². The van der Waals surface area contributed by atoms with Crippen LogP contribution >= 0.6 is 0 Å². The minimum absolute atomic E-state index is 0.0121. The zero-order valence-electron chi connectivity index (χ0n) is 18.3. The van der Waals surface area contributed by atoms with Gasteiger partial charge in [-0.1, -0.05) is 49.7 Å². The van der Waals surface area contributed by atoms with Gasteiger partial charge in [0.25, 0.3) is 10.0 Å². The summed E-state index contributed by atoms with van der Waals surface area (Å²) < 4.78 is 48.3. The van der Waals surface area contributed by atoms with Gasteiger partial charge in [0.15, 0.2) is 0 Å². The van der Waals surface area contributed by atoms with Crippen molar-refractivity contribution in [2.45, 2.75) is 43.0 Å². The number of hydrogen-bond donors (Lipinski definition) is 1. The standard InChI is InChI=1S/C22H30N2O5S2/c1-17(2)16-21(22(25)29-4)23-14-15-30(26,19-8-6-5-7-9-19)24-31(27,28)20-12-10-18(3)11-13-20/h5-13,17,21,23H,14-16H2,1-4H3/t21-,30?/m0/s1. The van der Waals surface area contributed by atoms with Gasteiger partial charge in [0.1, 0.15) is 6.04 Å². The Balaban J connectivity index is 2.37. The van der Waals surface area contributed by atoms with Crippen LogP contribution in [0.3, 0.4) is 0 Å². The van der Waals surface area contributed by atoms with E-state index in [9.17, 15) is 17.4 Å². The van der Waals surface area contributed by atoms with Crippen LogP contribution in [-0.2, 0) is 29.3 Å². The molecule has 0 fully saturated rings. The quantitative estimate of drug-likeness (QED) is 0.539. The van der Waals surface area contributed by atoms with Crippen LogP contribution in [0.1, 0.15) is 25.8 Å². The number of aryl methyl sites for hydroxylation is 1.